The predicted molar refractivity (Wildman–Crippen MR) is 264 cm³/mol. The van der Waals surface area contributed by atoms with Gasteiger partial charge in [-0.25, -0.2) is 0 Å². The normalized spacial score (nSPS) is 13.5. The molecule has 0 heterocycles. The number of hydrogen-bond acceptors (Lipinski definition) is 5. The second-order valence-corrected chi connectivity index (χ2v) is 18.3. The molecule has 3 atom stereocenters. The maximum atomic E-state index is 13.2. The van der Waals surface area contributed by atoms with Gasteiger partial charge in [0.1, 0.15) is 6.10 Å². The van der Waals surface area contributed by atoms with E-state index < -0.39 is 18.2 Å². The fraction of sp³-hybridized carbons (Fsp3) is 0.855. The van der Waals surface area contributed by atoms with Crippen molar-refractivity contribution in [1.82, 2.24) is 5.32 Å². The Morgan fingerprint density at radius 1 is 0.475 bits per heavy atom. The molecule has 0 aliphatic carbocycles. The highest BCUT2D eigenvalue weighted by Gasteiger charge is 2.24. The summed E-state index contributed by atoms with van der Waals surface area (Å²) in [7, 11) is 0. The van der Waals surface area contributed by atoms with Gasteiger partial charge in [-0.05, 0) is 77.0 Å². The van der Waals surface area contributed by atoms with Crippen molar-refractivity contribution in [2.45, 2.75) is 296 Å². The molecule has 1 amide bonds. The molecule has 0 bridgehead atoms. The Morgan fingerprint density at radius 2 is 0.836 bits per heavy atom. The lowest BCUT2D eigenvalue weighted by Gasteiger charge is -2.24. The monoisotopic (exact) mass is 858 g/mol. The number of hydrogen-bond donors (Lipinski definition) is 3. The van der Waals surface area contributed by atoms with Crippen LogP contribution >= 0.6 is 0 Å². The Bertz CT molecular complexity index is 1010. The van der Waals surface area contributed by atoms with Crippen molar-refractivity contribution in [1.29, 1.82) is 0 Å². The van der Waals surface area contributed by atoms with Crippen LogP contribution in [0.3, 0.4) is 0 Å². The van der Waals surface area contributed by atoms with Crippen LogP contribution in [0.5, 0.6) is 0 Å². The molecule has 0 rings (SSSR count). The maximum absolute atomic E-state index is 13.2. The van der Waals surface area contributed by atoms with Crippen molar-refractivity contribution >= 4 is 11.9 Å². The second kappa shape index (κ2) is 49.1. The second-order valence-electron chi connectivity index (χ2n) is 18.3. The van der Waals surface area contributed by atoms with Crippen LogP contribution in [-0.4, -0.2) is 46.9 Å². The molecule has 0 aliphatic heterocycles. The lowest BCUT2D eigenvalue weighted by molar-refractivity contribution is -0.151. The minimum atomic E-state index is -0.792. The number of aliphatic hydroxyl groups excluding tert-OH is 2. The Kier molecular flexibility index (Phi) is 47.6. The molecule has 0 saturated carbocycles. The molecule has 0 spiro atoms. The first-order valence-electron chi connectivity index (χ1n) is 26.7. The Labute approximate surface area is 379 Å². The van der Waals surface area contributed by atoms with Crippen molar-refractivity contribution in [2.24, 2.45) is 0 Å². The quantitative estimate of drug-likeness (QED) is 0.0245. The molecule has 6 nitrogen and oxygen atoms in total. The number of rotatable bonds is 48. The zero-order valence-corrected chi connectivity index (χ0v) is 40.8. The molecular formula is C55H103NO5. The number of carbonyl (C=O) groups excluding carboxylic acids is 2. The van der Waals surface area contributed by atoms with E-state index in [-0.39, 0.29) is 24.9 Å². The number of nitrogens with one attached hydrogen (secondary N) is 1. The van der Waals surface area contributed by atoms with Gasteiger partial charge >= 0.3 is 5.97 Å². The minimum absolute atomic E-state index is 0.0630. The molecule has 0 radical (unpaired) electrons. The average molecular weight is 858 g/mol. The first-order chi connectivity index (χ1) is 30.0. The fourth-order valence-corrected chi connectivity index (χ4v) is 8.12. The number of allylic oxidation sites excluding steroid dienone is 6. The van der Waals surface area contributed by atoms with Gasteiger partial charge in [-0.15, -0.1) is 0 Å². The number of aliphatic hydroxyl groups is 2. The SMILES string of the molecule is CCCCC/C=C/C=C/CCCCCCC(CC(=O)NC(CO)C(O)CCCCCCCCCCCCCCC)OC(=O)CCCCCCC/C=C/CCCCCCCCC. The topological polar surface area (TPSA) is 95.9 Å². The van der Waals surface area contributed by atoms with E-state index in [9.17, 15) is 19.8 Å². The summed E-state index contributed by atoms with van der Waals surface area (Å²) in [6, 6.07) is -0.707. The van der Waals surface area contributed by atoms with Gasteiger partial charge in [0.25, 0.3) is 0 Å². The highest BCUT2D eigenvalue weighted by atomic mass is 16.5. The van der Waals surface area contributed by atoms with Crippen LogP contribution in [0.25, 0.3) is 0 Å². The summed E-state index contributed by atoms with van der Waals surface area (Å²) in [5.41, 5.74) is 0. The van der Waals surface area contributed by atoms with Gasteiger partial charge in [0.15, 0.2) is 0 Å². The molecule has 358 valence electrons. The van der Waals surface area contributed by atoms with Gasteiger partial charge < -0.3 is 20.3 Å². The third-order valence-electron chi connectivity index (χ3n) is 12.2. The van der Waals surface area contributed by atoms with Crippen molar-refractivity contribution in [2.75, 3.05) is 6.61 Å². The summed E-state index contributed by atoms with van der Waals surface area (Å²) in [5.74, 6) is -0.495. The largest absolute Gasteiger partial charge is 0.462 e. The van der Waals surface area contributed by atoms with Crippen LogP contribution in [-0.2, 0) is 14.3 Å². The molecule has 0 saturated heterocycles. The molecule has 0 fully saturated rings. The summed E-state index contributed by atoms with van der Waals surface area (Å²) in [5, 5.41) is 23.8. The van der Waals surface area contributed by atoms with E-state index in [0.29, 0.717) is 19.3 Å². The third kappa shape index (κ3) is 44.5. The van der Waals surface area contributed by atoms with Crippen LogP contribution in [0.15, 0.2) is 36.5 Å². The zero-order valence-electron chi connectivity index (χ0n) is 40.8. The highest BCUT2D eigenvalue weighted by Crippen LogP contribution is 2.18. The van der Waals surface area contributed by atoms with E-state index in [1.54, 1.807) is 0 Å². The van der Waals surface area contributed by atoms with E-state index >= 15 is 0 Å². The molecule has 0 aromatic rings. The highest BCUT2D eigenvalue weighted by molar-refractivity contribution is 5.77. The van der Waals surface area contributed by atoms with Crippen molar-refractivity contribution < 1.29 is 24.5 Å². The summed E-state index contributed by atoms with van der Waals surface area (Å²) >= 11 is 0. The van der Waals surface area contributed by atoms with Crippen LogP contribution in [0, 0.1) is 0 Å². The maximum Gasteiger partial charge on any atom is 0.306 e. The Morgan fingerprint density at radius 3 is 1.30 bits per heavy atom. The molecule has 3 N–H and O–H groups in total. The lowest BCUT2D eigenvalue weighted by atomic mass is 10.0. The van der Waals surface area contributed by atoms with Crippen LogP contribution < -0.4 is 5.32 Å². The van der Waals surface area contributed by atoms with E-state index in [1.807, 2.05) is 0 Å². The number of esters is 1. The molecule has 6 heteroatoms. The molecule has 0 aromatic carbocycles. The molecule has 61 heavy (non-hydrogen) atoms. The predicted octanol–water partition coefficient (Wildman–Crippen LogP) is 16.1. The van der Waals surface area contributed by atoms with Crippen molar-refractivity contribution in [3.63, 3.8) is 0 Å². The van der Waals surface area contributed by atoms with E-state index in [2.05, 4.69) is 62.5 Å². The van der Waals surface area contributed by atoms with Gasteiger partial charge in [0, 0.05) is 6.42 Å². The summed E-state index contributed by atoms with van der Waals surface area (Å²) in [6.07, 6.45) is 57.7. The third-order valence-corrected chi connectivity index (χ3v) is 12.2. The summed E-state index contributed by atoms with van der Waals surface area (Å²) in [4.78, 5) is 26.2. The standard InChI is InChI=1S/C55H103NO5/c1-4-7-10-13-16-19-22-25-26-27-30-33-36-39-42-45-48-55(60)61-51(46-43-40-37-34-31-28-23-20-17-14-11-8-5-2)49-54(59)56-52(50-57)53(58)47-44-41-38-35-32-29-24-21-18-15-12-9-6-3/h17,20,23,26-28,51-53,57-58H,4-16,18-19,21-22,24-25,29-50H2,1-3H3,(H,56,59)/b20-17+,27-26+,28-23+. The minimum Gasteiger partial charge on any atom is -0.462 e. The fourth-order valence-electron chi connectivity index (χ4n) is 8.12. The van der Waals surface area contributed by atoms with Crippen LogP contribution in [0.2, 0.25) is 0 Å². The van der Waals surface area contributed by atoms with Crippen molar-refractivity contribution in [3.8, 4) is 0 Å². The Hall–Kier alpha value is -1.92. The van der Waals surface area contributed by atoms with Crippen molar-refractivity contribution in [3.05, 3.63) is 36.5 Å². The van der Waals surface area contributed by atoms with Gasteiger partial charge in [-0.1, -0.05) is 224 Å². The number of ether oxygens (including phenoxy) is 1. The van der Waals surface area contributed by atoms with Gasteiger partial charge in [-0.2, -0.15) is 0 Å². The van der Waals surface area contributed by atoms with E-state index in [4.69, 9.17) is 4.74 Å². The smallest absolute Gasteiger partial charge is 0.306 e. The summed E-state index contributed by atoms with van der Waals surface area (Å²) < 4.78 is 5.93. The number of amides is 1. The number of unbranched alkanes of at least 4 members (excludes halogenated alkanes) is 31. The number of carbonyl (C=O) groups is 2. The van der Waals surface area contributed by atoms with E-state index in [0.717, 1.165) is 83.5 Å². The van der Waals surface area contributed by atoms with Gasteiger partial charge in [0.2, 0.25) is 5.91 Å². The molecule has 0 aliphatic rings. The van der Waals surface area contributed by atoms with Crippen LogP contribution in [0.1, 0.15) is 278 Å². The molecule has 0 aromatic heterocycles. The Balaban J connectivity index is 4.58. The molecule has 3 unspecified atom stereocenters. The first kappa shape index (κ1) is 59.1. The van der Waals surface area contributed by atoms with E-state index in [1.165, 1.54) is 148 Å². The lowest BCUT2D eigenvalue weighted by Crippen LogP contribution is -2.46. The zero-order chi connectivity index (χ0) is 44.5. The van der Waals surface area contributed by atoms with Gasteiger partial charge in [0.05, 0.1) is 25.2 Å². The van der Waals surface area contributed by atoms with Gasteiger partial charge in [-0.3, -0.25) is 9.59 Å². The summed E-state index contributed by atoms with van der Waals surface area (Å²) in [6.45, 7) is 6.46. The van der Waals surface area contributed by atoms with Crippen LogP contribution in [0.4, 0.5) is 0 Å². The average Bonchev–Trinajstić information content (AvgIpc) is 3.25. The molecular weight excluding hydrogens is 755 g/mol. The first-order valence-corrected chi connectivity index (χ1v) is 26.7.